The smallest absolute Gasteiger partial charge is 0.248 e. The van der Waals surface area contributed by atoms with Crippen molar-refractivity contribution in [2.45, 2.75) is 57.4 Å². The maximum absolute atomic E-state index is 14.2. The number of likely N-dealkylation sites (N-methyl/N-ethyl adjacent to an activating group) is 1. The van der Waals surface area contributed by atoms with E-state index in [2.05, 4.69) is 41.9 Å². The van der Waals surface area contributed by atoms with Gasteiger partial charge in [0.05, 0.1) is 12.6 Å². The summed E-state index contributed by atoms with van der Waals surface area (Å²) in [7, 11) is 1.32. The maximum Gasteiger partial charge on any atom is 0.248 e. The lowest BCUT2D eigenvalue weighted by atomic mass is 9.93. The van der Waals surface area contributed by atoms with E-state index in [4.69, 9.17) is 20.9 Å². The Kier molecular flexibility index (Phi) is 14.1. The van der Waals surface area contributed by atoms with Crippen LogP contribution in [0.5, 0.6) is 11.5 Å². The molecule has 20 heteroatoms. The second-order valence-corrected chi connectivity index (χ2v) is 12.5. The number of carbonyl (C=O) groups is 6. The van der Waals surface area contributed by atoms with Gasteiger partial charge < -0.3 is 52.2 Å². The van der Waals surface area contributed by atoms with Crippen molar-refractivity contribution in [3.8, 4) is 22.6 Å². The topological polar surface area (TPSA) is 299 Å². The zero-order valence-electron chi connectivity index (χ0n) is 30.3. The van der Waals surface area contributed by atoms with Crippen LogP contribution in [0.1, 0.15) is 48.6 Å². The number of nitrogens with zero attached hydrogens (tertiary/aromatic N) is 4. The van der Waals surface area contributed by atoms with E-state index in [0.29, 0.717) is 28.2 Å². The molecule has 1 aliphatic rings. The molecular formula is C34H45N11O9. The number of rotatable bonds is 14. The molecule has 2 aromatic carbocycles. The second-order valence-electron chi connectivity index (χ2n) is 12.5. The molecule has 54 heavy (non-hydrogen) atoms. The second kappa shape index (κ2) is 18.7. The Bertz CT molecular complexity index is 1840. The Morgan fingerprint density at radius 3 is 2.22 bits per heavy atom. The van der Waals surface area contributed by atoms with Crippen molar-refractivity contribution in [1.29, 1.82) is 0 Å². The van der Waals surface area contributed by atoms with Crippen molar-refractivity contribution < 1.29 is 43.3 Å². The number of aromatic nitrogens is 4. The van der Waals surface area contributed by atoms with Gasteiger partial charge in [0.15, 0.2) is 0 Å². The summed E-state index contributed by atoms with van der Waals surface area (Å²) in [5, 5.41) is 33.1. The Balaban J connectivity index is 1.88. The van der Waals surface area contributed by atoms with Crippen molar-refractivity contribution in [2.24, 2.45) is 11.5 Å². The van der Waals surface area contributed by atoms with Gasteiger partial charge in [0.2, 0.25) is 41.1 Å². The van der Waals surface area contributed by atoms with Crippen molar-refractivity contribution in [2.75, 3.05) is 40.0 Å². The molecule has 290 valence electrons. The number of hydrogen-bond acceptors (Lipinski definition) is 14. The quantitative estimate of drug-likeness (QED) is 0.0789. The van der Waals surface area contributed by atoms with Crippen LogP contribution in [0.4, 0.5) is 0 Å². The minimum Gasteiger partial charge on any atom is -0.492 e. The fourth-order valence-electron chi connectivity index (χ4n) is 5.73. The van der Waals surface area contributed by atoms with Crippen LogP contribution in [0.2, 0.25) is 0 Å². The highest BCUT2D eigenvalue weighted by Crippen LogP contribution is 2.40. The molecule has 1 aromatic heterocycles. The third-order valence-corrected chi connectivity index (χ3v) is 8.39. The molecule has 20 nitrogen and oxygen atoms in total. The highest BCUT2D eigenvalue weighted by Gasteiger charge is 2.36. The molecule has 2 heterocycles. The normalized spacial score (nSPS) is 18.2. The van der Waals surface area contributed by atoms with Crippen molar-refractivity contribution in [1.82, 2.24) is 46.8 Å². The summed E-state index contributed by atoms with van der Waals surface area (Å²) in [6.45, 7) is 3.83. The molecule has 0 saturated heterocycles. The number of ketones is 1. The third kappa shape index (κ3) is 9.90. The number of carbonyl (C=O) groups excluding carboxylic acids is 6. The minimum atomic E-state index is -1.42. The lowest BCUT2D eigenvalue weighted by molar-refractivity contribution is -0.143. The van der Waals surface area contributed by atoms with Crippen LogP contribution in [-0.4, -0.2) is 130 Å². The number of nitrogens with two attached hydrogens (primary N) is 2. The van der Waals surface area contributed by atoms with E-state index < -0.39 is 72.1 Å². The summed E-state index contributed by atoms with van der Waals surface area (Å²) >= 11 is 0. The Morgan fingerprint density at radius 2 is 1.63 bits per heavy atom. The molecule has 0 radical (unpaired) electrons. The number of H-pyrrole nitrogens is 1. The van der Waals surface area contributed by atoms with E-state index in [9.17, 15) is 33.9 Å². The van der Waals surface area contributed by atoms with Crippen LogP contribution in [0.25, 0.3) is 11.1 Å². The first-order valence-electron chi connectivity index (χ1n) is 17.1. The fraction of sp³-hybridized carbons (Fsp3) is 0.441. The molecular weight excluding hydrogens is 706 g/mol. The number of aliphatic hydroxyl groups excluding tert-OH is 1. The molecule has 1 aliphatic heterocycles. The van der Waals surface area contributed by atoms with E-state index >= 15 is 0 Å². The number of aliphatic hydroxyl groups is 1. The molecule has 5 atom stereocenters. The van der Waals surface area contributed by atoms with Crippen molar-refractivity contribution in [3.63, 3.8) is 0 Å². The Hall–Kier alpha value is -5.99. The van der Waals surface area contributed by atoms with Crippen LogP contribution in [0.15, 0.2) is 36.4 Å². The lowest BCUT2D eigenvalue weighted by Crippen LogP contribution is -2.57. The number of aromatic amines is 1. The monoisotopic (exact) mass is 751 g/mol. The lowest BCUT2D eigenvalue weighted by Gasteiger charge is -2.32. The van der Waals surface area contributed by atoms with Gasteiger partial charge in [-0.2, -0.15) is 5.21 Å². The zero-order valence-corrected chi connectivity index (χ0v) is 30.3. The molecule has 5 amide bonds. The SMILES string of the molecule is CC(=O)NC(CO)C(=O)N(C)C1C(=O)NC(C)C(=O)NC(C(=O)NC(C)C(=O)c2nn[nH]n2)Cc2ccc(OCCN)c(c2)-c2cc1ccc2OCCN. The highest BCUT2D eigenvalue weighted by atomic mass is 16.5. The Morgan fingerprint density at radius 1 is 0.981 bits per heavy atom. The van der Waals surface area contributed by atoms with Crippen LogP contribution in [0.3, 0.4) is 0 Å². The van der Waals surface area contributed by atoms with Gasteiger partial charge >= 0.3 is 0 Å². The maximum atomic E-state index is 14.2. The number of amides is 5. The number of tetrazole rings is 1. The number of nitrogens with one attached hydrogen (secondary N) is 5. The molecule has 10 N–H and O–H groups in total. The summed E-state index contributed by atoms with van der Waals surface area (Å²) in [4.78, 5) is 80.9. The molecule has 5 unspecified atom stereocenters. The first-order chi connectivity index (χ1) is 25.8. The summed E-state index contributed by atoms with van der Waals surface area (Å²) in [5.74, 6) is -3.85. The molecule has 4 rings (SSSR count). The van der Waals surface area contributed by atoms with Crippen LogP contribution in [0, 0.1) is 0 Å². The number of hydrogen-bond donors (Lipinski definition) is 8. The summed E-state index contributed by atoms with van der Waals surface area (Å²) in [6.07, 6.45) is -0.0736. The van der Waals surface area contributed by atoms with E-state index in [-0.39, 0.29) is 44.1 Å². The van der Waals surface area contributed by atoms with Gasteiger partial charge in [0.1, 0.15) is 48.9 Å². The number of Topliss-reactive ketones (excluding diaryl/α,β-unsaturated/α-hetero) is 1. The first kappa shape index (κ1) is 40.8. The standard InChI is InChI=1S/C34H45N11O9/c1-17(29(48)30-41-43-44-42-30)37-32(50)24-14-20-5-7-26(53-11-9-35)22(13-20)23-15-21(6-8-27(23)54-12-10-36)28(33(51)38-18(2)31(49)40-24)45(4)34(52)25(16-46)39-19(3)47/h5-8,13,15,17-18,24-25,28,46H,9-12,14,16,35-36H2,1-4H3,(H,37,50)(H,38,51)(H,39,47)(H,40,49)(H,41,42,43,44). The van der Waals surface area contributed by atoms with Gasteiger partial charge in [-0.25, -0.2) is 0 Å². The molecule has 0 aliphatic carbocycles. The van der Waals surface area contributed by atoms with Crippen LogP contribution < -0.4 is 42.2 Å². The number of benzene rings is 2. The third-order valence-electron chi connectivity index (χ3n) is 8.39. The van der Waals surface area contributed by atoms with Gasteiger partial charge in [-0.3, -0.25) is 28.8 Å². The zero-order chi connectivity index (χ0) is 39.5. The van der Waals surface area contributed by atoms with E-state index in [0.717, 1.165) is 4.90 Å². The highest BCUT2D eigenvalue weighted by molar-refractivity contribution is 6.00. The minimum absolute atomic E-state index is 0.0736. The largest absolute Gasteiger partial charge is 0.492 e. The van der Waals surface area contributed by atoms with Gasteiger partial charge in [0.25, 0.3) is 0 Å². The molecule has 0 saturated carbocycles. The molecule has 0 fully saturated rings. The van der Waals surface area contributed by atoms with Gasteiger partial charge in [0, 0.05) is 44.6 Å². The summed E-state index contributed by atoms with van der Waals surface area (Å²) in [5.41, 5.74) is 13.2. The first-order valence-corrected chi connectivity index (χ1v) is 17.1. The van der Waals surface area contributed by atoms with Gasteiger partial charge in [-0.1, -0.05) is 12.1 Å². The molecule has 0 spiro atoms. The van der Waals surface area contributed by atoms with Crippen molar-refractivity contribution >= 4 is 35.3 Å². The predicted octanol–water partition coefficient (Wildman–Crippen LogP) is -2.53. The van der Waals surface area contributed by atoms with Crippen molar-refractivity contribution in [3.05, 3.63) is 53.3 Å². The number of fused-ring (bicyclic) bond motifs is 5. The summed E-state index contributed by atoms with van der Waals surface area (Å²) in [6, 6.07) is 3.41. The van der Waals surface area contributed by atoms with E-state index in [1.807, 2.05) is 0 Å². The van der Waals surface area contributed by atoms with Crippen LogP contribution in [-0.2, 0) is 30.4 Å². The van der Waals surface area contributed by atoms with Gasteiger partial charge in [-0.15, -0.1) is 10.2 Å². The average Bonchev–Trinajstić information content (AvgIpc) is 3.69. The predicted molar refractivity (Wildman–Crippen MR) is 191 cm³/mol. The molecule has 4 bridgehead atoms. The Labute approximate surface area is 310 Å². The fourth-order valence-corrected chi connectivity index (χ4v) is 5.73. The number of ether oxygens (including phenoxy) is 2. The van der Waals surface area contributed by atoms with E-state index in [1.165, 1.54) is 27.8 Å². The van der Waals surface area contributed by atoms with Crippen LogP contribution >= 0.6 is 0 Å². The van der Waals surface area contributed by atoms with E-state index in [1.54, 1.807) is 36.4 Å². The average molecular weight is 752 g/mol. The summed E-state index contributed by atoms with van der Waals surface area (Å²) < 4.78 is 12.0. The van der Waals surface area contributed by atoms with Gasteiger partial charge in [-0.05, 0) is 54.5 Å². The molecule has 3 aromatic rings.